The molecule has 1 aromatic rings. The number of benzene rings is 1. The van der Waals surface area contributed by atoms with Crippen LogP contribution in [0.1, 0.15) is 81.5 Å². The van der Waals surface area contributed by atoms with E-state index in [1.54, 1.807) is 0 Å². The highest BCUT2D eigenvalue weighted by Crippen LogP contribution is 2.33. The second-order valence-corrected chi connectivity index (χ2v) is 7.23. The van der Waals surface area contributed by atoms with Crippen molar-refractivity contribution in [2.75, 3.05) is 6.61 Å². The van der Waals surface area contributed by atoms with Crippen LogP contribution in [-0.4, -0.2) is 29.5 Å². The van der Waals surface area contributed by atoms with E-state index < -0.39 is 0 Å². The summed E-state index contributed by atoms with van der Waals surface area (Å²) < 4.78 is 5.74. The quantitative estimate of drug-likeness (QED) is 0.743. The number of carbonyl (C=O) groups excluding carboxylic acids is 1. The molecule has 0 aliphatic heterocycles. The molecule has 0 unspecified atom stereocenters. The fourth-order valence-electron chi connectivity index (χ4n) is 4.41. The normalized spacial score (nSPS) is 19.9. The van der Waals surface area contributed by atoms with E-state index in [9.17, 15) is 4.79 Å². The first-order valence-corrected chi connectivity index (χ1v) is 9.85. The molecule has 0 spiro atoms. The average molecular weight is 329 g/mol. The van der Waals surface area contributed by atoms with E-state index >= 15 is 0 Å². The molecule has 3 rings (SSSR count). The SMILES string of the molecule is CCOc1ccccc1C(=O)N(C1CCCCC1)C1CCCCC1. The first-order valence-electron chi connectivity index (χ1n) is 9.85. The van der Waals surface area contributed by atoms with Crippen LogP contribution in [0.5, 0.6) is 5.75 Å². The van der Waals surface area contributed by atoms with E-state index in [2.05, 4.69) is 4.90 Å². The Hall–Kier alpha value is -1.51. The standard InChI is InChI=1S/C21H31NO2/c1-2-24-20-16-10-9-15-19(20)21(23)22(17-11-5-3-6-12-17)18-13-7-4-8-14-18/h9-10,15-18H,2-8,11-14H2,1H3. The van der Waals surface area contributed by atoms with Crippen molar-refractivity contribution in [3.8, 4) is 5.75 Å². The van der Waals surface area contributed by atoms with Crippen molar-refractivity contribution >= 4 is 5.91 Å². The lowest BCUT2D eigenvalue weighted by molar-refractivity contribution is 0.0445. The summed E-state index contributed by atoms with van der Waals surface area (Å²) in [5, 5.41) is 0. The number of rotatable bonds is 5. The molecular weight excluding hydrogens is 298 g/mol. The lowest BCUT2D eigenvalue weighted by atomic mass is 9.88. The number of carbonyl (C=O) groups is 1. The van der Waals surface area contributed by atoms with Crippen LogP contribution >= 0.6 is 0 Å². The molecule has 1 aromatic carbocycles. The van der Waals surface area contributed by atoms with E-state index in [0.717, 1.165) is 11.3 Å². The predicted molar refractivity (Wildman–Crippen MR) is 97.5 cm³/mol. The van der Waals surface area contributed by atoms with Crippen molar-refractivity contribution in [3.63, 3.8) is 0 Å². The summed E-state index contributed by atoms with van der Waals surface area (Å²) in [5.41, 5.74) is 0.746. The average Bonchev–Trinajstić information content (AvgIpc) is 2.64. The zero-order valence-electron chi connectivity index (χ0n) is 15.0. The van der Waals surface area contributed by atoms with Crippen LogP contribution in [-0.2, 0) is 0 Å². The molecule has 0 radical (unpaired) electrons. The zero-order valence-corrected chi connectivity index (χ0v) is 15.0. The number of hydrogen-bond donors (Lipinski definition) is 0. The summed E-state index contributed by atoms with van der Waals surface area (Å²) >= 11 is 0. The molecule has 3 nitrogen and oxygen atoms in total. The third-order valence-corrected chi connectivity index (χ3v) is 5.59. The van der Waals surface area contributed by atoms with Gasteiger partial charge >= 0.3 is 0 Å². The van der Waals surface area contributed by atoms with Gasteiger partial charge in [-0.1, -0.05) is 50.7 Å². The van der Waals surface area contributed by atoms with Gasteiger partial charge in [0.05, 0.1) is 12.2 Å². The highest BCUT2D eigenvalue weighted by Gasteiger charge is 2.33. The minimum Gasteiger partial charge on any atom is -0.493 e. The highest BCUT2D eigenvalue weighted by molar-refractivity contribution is 5.97. The van der Waals surface area contributed by atoms with Crippen LogP contribution in [0.15, 0.2) is 24.3 Å². The molecule has 1 amide bonds. The van der Waals surface area contributed by atoms with E-state index in [-0.39, 0.29) is 5.91 Å². The second-order valence-electron chi connectivity index (χ2n) is 7.23. The fourth-order valence-corrected chi connectivity index (χ4v) is 4.41. The molecule has 2 aliphatic rings. The van der Waals surface area contributed by atoms with Crippen molar-refractivity contribution in [1.82, 2.24) is 4.90 Å². The number of amides is 1. The van der Waals surface area contributed by atoms with Crippen molar-refractivity contribution in [2.45, 2.75) is 83.2 Å². The van der Waals surface area contributed by atoms with Gasteiger partial charge in [-0.05, 0) is 44.7 Å². The molecular formula is C21H31NO2. The lowest BCUT2D eigenvalue weighted by Gasteiger charge is -2.42. The number of para-hydroxylation sites is 1. The summed E-state index contributed by atoms with van der Waals surface area (Å²) in [6.07, 6.45) is 12.3. The topological polar surface area (TPSA) is 29.5 Å². The molecule has 2 fully saturated rings. The first-order chi connectivity index (χ1) is 11.8. The first kappa shape index (κ1) is 17.3. The second kappa shape index (κ2) is 8.55. The van der Waals surface area contributed by atoms with Crippen LogP contribution in [0.25, 0.3) is 0 Å². The maximum atomic E-state index is 13.5. The van der Waals surface area contributed by atoms with Gasteiger partial charge in [0, 0.05) is 12.1 Å². The van der Waals surface area contributed by atoms with Crippen LogP contribution < -0.4 is 4.74 Å². The Kier molecular flexibility index (Phi) is 6.17. The lowest BCUT2D eigenvalue weighted by Crippen LogP contribution is -2.48. The molecule has 0 aromatic heterocycles. The number of nitrogens with zero attached hydrogens (tertiary/aromatic N) is 1. The highest BCUT2D eigenvalue weighted by atomic mass is 16.5. The maximum absolute atomic E-state index is 13.5. The Balaban J connectivity index is 1.87. The summed E-state index contributed by atoms with van der Waals surface area (Å²) in [7, 11) is 0. The van der Waals surface area contributed by atoms with Gasteiger partial charge in [-0.25, -0.2) is 0 Å². The summed E-state index contributed by atoms with van der Waals surface area (Å²) in [6, 6.07) is 8.61. The maximum Gasteiger partial charge on any atom is 0.258 e. The zero-order chi connectivity index (χ0) is 16.8. The molecule has 3 heteroatoms. The molecule has 24 heavy (non-hydrogen) atoms. The van der Waals surface area contributed by atoms with Crippen LogP contribution in [0.3, 0.4) is 0 Å². The molecule has 2 saturated carbocycles. The van der Waals surface area contributed by atoms with Crippen molar-refractivity contribution in [2.24, 2.45) is 0 Å². The smallest absolute Gasteiger partial charge is 0.258 e. The van der Waals surface area contributed by atoms with Gasteiger partial charge in [0.25, 0.3) is 5.91 Å². The molecule has 2 aliphatic carbocycles. The monoisotopic (exact) mass is 329 g/mol. The van der Waals surface area contributed by atoms with E-state index in [1.165, 1.54) is 64.2 Å². The van der Waals surface area contributed by atoms with Gasteiger partial charge in [-0.2, -0.15) is 0 Å². The Morgan fingerprint density at radius 3 is 2.04 bits per heavy atom. The Bertz CT molecular complexity index is 512. The van der Waals surface area contributed by atoms with E-state index in [0.29, 0.717) is 18.7 Å². The van der Waals surface area contributed by atoms with Gasteiger partial charge in [-0.3, -0.25) is 4.79 Å². The number of hydrogen-bond acceptors (Lipinski definition) is 2. The Labute approximate surface area is 146 Å². The van der Waals surface area contributed by atoms with E-state index in [1.807, 2.05) is 31.2 Å². The number of ether oxygens (including phenoxy) is 1. The van der Waals surface area contributed by atoms with Gasteiger partial charge in [-0.15, -0.1) is 0 Å². The largest absolute Gasteiger partial charge is 0.493 e. The Morgan fingerprint density at radius 2 is 1.50 bits per heavy atom. The summed E-state index contributed by atoms with van der Waals surface area (Å²) in [4.78, 5) is 15.7. The van der Waals surface area contributed by atoms with Crippen LogP contribution in [0, 0.1) is 0 Å². The van der Waals surface area contributed by atoms with Gasteiger partial charge in [0.2, 0.25) is 0 Å². The van der Waals surface area contributed by atoms with Crippen molar-refractivity contribution in [1.29, 1.82) is 0 Å². The third kappa shape index (κ3) is 3.93. The molecule has 0 N–H and O–H groups in total. The minimum atomic E-state index is 0.192. The minimum absolute atomic E-state index is 0.192. The van der Waals surface area contributed by atoms with Gasteiger partial charge in [0.1, 0.15) is 5.75 Å². The van der Waals surface area contributed by atoms with Crippen molar-refractivity contribution in [3.05, 3.63) is 29.8 Å². The molecule has 132 valence electrons. The molecule has 0 heterocycles. The molecule has 0 saturated heterocycles. The predicted octanol–water partition coefficient (Wildman–Crippen LogP) is 5.19. The van der Waals surface area contributed by atoms with Crippen molar-refractivity contribution < 1.29 is 9.53 Å². The van der Waals surface area contributed by atoms with Crippen LogP contribution in [0.2, 0.25) is 0 Å². The molecule has 0 atom stereocenters. The summed E-state index contributed by atoms with van der Waals surface area (Å²) in [5.74, 6) is 0.930. The Morgan fingerprint density at radius 1 is 0.958 bits per heavy atom. The molecule has 0 bridgehead atoms. The van der Waals surface area contributed by atoms with Gasteiger partial charge in [0.15, 0.2) is 0 Å². The summed E-state index contributed by atoms with van der Waals surface area (Å²) in [6.45, 7) is 2.57. The van der Waals surface area contributed by atoms with Gasteiger partial charge < -0.3 is 9.64 Å². The van der Waals surface area contributed by atoms with E-state index in [4.69, 9.17) is 4.74 Å². The third-order valence-electron chi connectivity index (χ3n) is 5.59. The fraction of sp³-hybridized carbons (Fsp3) is 0.667. The van der Waals surface area contributed by atoms with Crippen LogP contribution in [0.4, 0.5) is 0 Å².